The van der Waals surface area contributed by atoms with E-state index in [1.807, 2.05) is 98.8 Å². The molecule has 0 bridgehead atoms. The molecule has 0 saturated carbocycles. The van der Waals surface area contributed by atoms with Gasteiger partial charge in [0.15, 0.2) is 0 Å². The molecule has 2 aliphatic rings. The van der Waals surface area contributed by atoms with Crippen LogP contribution in [0.15, 0.2) is 117 Å². The standard InChI is InChI=1S/2C19H15N3OS.Zn/c2*1-2-20-19(24)22-21-17-16-13-8-4-3-6-11(13)10-12-7-5-9-14(15(12)16)18(17)23;/h2*3-10H,2H2,1H3,(H2,20,22,24);/q;;+2/p-2/b2*21-17+;. The molecule has 6 aromatic carbocycles. The molecular weight excluding hydrogens is 702 g/mol. The second-order valence-corrected chi connectivity index (χ2v) is 12.0. The van der Waals surface area contributed by atoms with Crippen molar-refractivity contribution >= 4 is 102 Å². The third-order valence-electron chi connectivity index (χ3n) is 8.31. The van der Waals surface area contributed by atoms with E-state index in [-0.39, 0.29) is 41.4 Å². The SMILES string of the molecule is CCN/C([S-])=N/N=C1/C(=O)c2cccc3cc4ccccc4c1c23.CCN/C([S-])=N/N=C1/C(=O)c2cccc3cc4ccccc4c1c23.[Zn+2]. The molecule has 0 amide bonds. The second-order valence-electron chi connectivity index (χ2n) is 11.2. The molecule has 8 nitrogen and oxygen atoms in total. The van der Waals surface area contributed by atoms with Crippen LogP contribution in [0.3, 0.4) is 0 Å². The minimum Gasteiger partial charge on any atom is -0.741 e. The predicted molar refractivity (Wildman–Crippen MR) is 202 cm³/mol. The maximum Gasteiger partial charge on any atom is 2.00 e. The van der Waals surface area contributed by atoms with E-state index < -0.39 is 0 Å². The zero-order valence-electron chi connectivity index (χ0n) is 26.8. The molecule has 8 rings (SSSR count). The Balaban J connectivity index is 0.000000167. The van der Waals surface area contributed by atoms with Crippen LogP contribution in [0.2, 0.25) is 0 Å². The first-order valence-corrected chi connectivity index (χ1v) is 16.3. The molecule has 0 unspecified atom stereocenters. The average Bonchev–Trinajstić information content (AvgIpc) is 3.55. The van der Waals surface area contributed by atoms with E-state index in [0.717, 1.165) is 54.2 Å². The van der Waals surface area contributed by atoms with Gasteiger partial charge in [0.1, 0.15) is 11.4 Å². The first kappa shape index (κ1) is 33.9. The van der Waals surface area contributed by atoms with Gasteiger partial charge in [-0.2, -0.15) is 10.2 Å². The topological polar surface area (TPSA) is 108 Å². The Bertz CT molecular complexity index is 2280. The van der Waals surface area contributed by atoms with Crippen molar-refractivity contribution in [3.8, 4) is 0 Å². The van der Waals surface area contributed by atoms with E-state index in [1.54, 1.807) is 0 Å². The number of benzene rings is 6. The fourth-order valence-electron chi connectivity index (χ4n) is 6.35. The van der Waals surface area contributed by atoms with E-state index in [4.69, 9.17) is 25.3 Å². The summed E-state index contributed by atoms with van der Waals surface area (Å²) in [6, 6.07) is 31.7. The van der Waals surface area contributed by atoms with Crippen molar-refractivity contribution in [1.29, 1.82) is 0 Å². The zero-order valence-corrected chi connectivity index (χ0v) is 31.4. The number of carbonyl (C=O) groups is 2. The molecular formula is C38H28N6O2S2Zn. The van der Waals surface area contributed by atoms with E-state index in [1.165, 1.54) is 0 Å². The molecule has 0 saturated heterocycles. The molecule has 49 heavy (non-hydrogen) atoms. The molecule has 0 aliphatic heterocycles. The van der Waals surface area contributed by atoms with Gasteiger partial charge in [0.25, 0.3) is 0 Å². The number of carbonyl (C=O) groups excluding carboxylic acids is 2. The summed E-state index contributed by atoms with van der Waals surface area (Å²) in [5.41, 5.74) is 3.78. The van der Waals surface area contributed by atoms with Crippen LogP contribution in [0.4, 0.5) is 0 Å². The molecule has 236 valence electrons. The number of fused-ring (bicyclic) bond motifs is 4. The largest absolute Gasteiger partial charge is 2.00 e. The Morgan fingerprint density at radius 3 is 1.37 bits per heavy atom. The molecule has 0 spiro atoms. The molecule has 2 aliphatic carbocycles. The van der Waals surface area contributed by atoms with Crippen molar-refractivity contribution in [1.82, 2.24) is 10.6 Å². The van der Waals surface area contributed by atoms with Crippen LogP contribution in [0.5, 0.6) is 0 Å². The predicted octanol–water partition coefficient (Wildman–Crippen LogP) is 6.81. The van der Waals surface area contributed by atoms with E-state index in [9.17, 15) is 9.59 Å². The number of nitrogens with zero attached hydrogens (tertiary/aromatic N) is 4. The molecule has 0 atom stereocenters. The van der Waals surface area contributed by atoms with Gasteiger partial charge in [-0.15, -0.1) is 10.2 Å². The summed E-state index contributed by atoms with van der Waals surface area (Å²) in [6.07, 6.45) is 0. The molecule has 11 heteroatoms. The average molecular weight is 730 g/mol. The number of ketones is 2. The molecule has 0 radical (unpaired) electrons. The van der Waals surface area contributed by atoms with Crippen molar-refractivity contribution in [3.05, 3.63) is 119 Å². The monoisotopic (exact) mass is 728 g/mol. The molecule has 2 N–H and O–H groups in total. The smallest absolute Gasteiger partial charge is 0.741 e. The number of hydrogen-bond donors (Lipinski definition) is 2. The number of amidine groups is 2. The van der Waals surface area contributed by atoms with Crippen molar-refractivity contribution < 1.29 is 29.1 Å². The minimum absolute atomic E-state index is 0. The third-order valence-corrected chi connectivity index (χ3v) is 8.76. The first-order valence-electron chi connectivity index (χ1n) is 15.5. The fourth-order valence-corrected chi connectivity index (χ4v) is 6.72. The third kappa shape index (κ3) is 6.10. The molecule has 6 aromatic rings. The minimum atomic E-state index is -0.102. The number of nitrogens with one attached hydrogen (secondary N) is 2. The van der Waals surface area contributed by atoms with Gasteiger partial charge in [-0.3, -0.25) is 9.59 Å². The van der Waals surface area contributed by atoms with Crippen molar-refractivity contribution in [3.63, 3.8) is 0 Å². The quantitative estimate of drug-likeness (QED) is 0.0516. The van der Waals surface area contributed by atoms with Crippen LogP contribution >= 0.6 is 0 Å². The summed E-state index contributed by atoms with van der Waals surface area (Å²) < 4.78 is 0. The Labute approximate surface area is 306 Å². The van der Waals surface area contributed by atoms with Gasteiger partial charge in [-0.05, 0) is 68.6 Å². The summed E-state index contributed by atoms with van der Waals surface area (Å²) in [4.78, 5) is 25.7. The van der Waals surface area contributed by atoms with Gasteiger partial charge in [0.05, 0.1) is 0 Å². The van der Waals surface area contributed by atoms with E-state index >= 15 is 0 Å². The summed E-state index contributed by atoms with van der Waals surface area (Å²) >= 11 is 10.2. The Morgan fingerprint density at radius 1 is 0.571 bits per heavy atom. The Morgan fingerprint density at radius 2 is 0.959 bits per heavy atom. The van der Waals surface area contributed by atoms with Crippen LogP contribution in [0.25, 0.3) is 43.1 Å². The second kappa shape index (κ2) is 14.3. The van der Waals surface area contributed by atoms with Gasteiger partial charge < -0.3 is 35.9 Å². The van der Waals surface area contributed by atoms with Gasteiger partial charge in [0.2, 0.25) is 11.6 Å². The zero-order chi connectivity index (χ0) is 33.4. The maximum atomic E-state index is 12.8. The molecule has 0 heterocycles. The Kier molecular flexibility index (Phi) is 9.87. The first-order chi connectivity index (χ1) is 23.4. The van der Waals surface area contributed by atoms with Gasteiger partial charge in [0, 0.05) is 46.1 Å². The van der Waals surface area contributed by atoms with Gasteiger partial charge in [-0.1, -0.05) is 84.9 Å². The summed E-state index contributed by atoms with van der Waals surface area (Å²) in [7, 11) is 0. The number of rotatable bonds is 4. The van der Waals surface area contributed by atoms with Gasteiger partial charge in [-0.25, -0.2) is 0 Å². The van der Waals surface area contributed by atoms with Gasteiger partial charge >= 0.3 is 19.5 Å². The molecule has 0 fully saturated rings. The van der Waals surface area contributed by atoms with E-state index in [2.05, 4.69) is 43.2 Å². The van der Waals surface area contributed by atoms with Crippen LogP contribution in [-0.2, 0) is 44.7 Å². The normalized spacial score (nSPS) is 15.3. The van der Waals surface area contributed by atoms with E-state index in [0.29, 0.717) is 35.6 Å². The van der Waals surface area contributed by atoms with Crippen LogP contribution < -0.4 is 10.6 Å². The van der Waals surface area contributed by atoms with Crippen molar-refractivity contribution in [2.75, 3.05) is 13.1 Å². The fraction of sp³-hybridized carbons (Fsp3) is 0.105. The summed E-state index contributed by atoms with van der Waals surface area (Å²) in [6.45, 7) is 5.19. The van der Waals surface area contributed by atoms with Crippen LogP contribution in [-0.4, -0.2) is 46.4 Å². The Hall–Kier alpha value is -4.96. The van der Waals surface area contributed by atoms with Crippen molar-refractivity contribution in [2.24, 2.45) is 20.4 Å². The number of Topliss-reactive ketones (excluding diaryl/α,β-unsaturated/α-hetero) is 2. The van der Waals surface area contributed by atoms with Crippen LogP contribution in [0, 0.1) is 0 Å². The number of hydrogen-bond acceptors (Lipinski definition) is 8. The maximum absolute atomic E-state index is 12.8. The molecule has 0 aromatic heterocycles. The summed E-state index contributed by atoms with van der Waals surface area (Å²) in [5, 5.41) is 31.0. The van der Waals surface area contributed by atoms with Crippen LogP contribution in [0.1, 0.15) is 45.7 Å². The summed E-state index contributed by atoms with van der Waals surface area (Å²) in [5.74, 6) is -0.204. The van der Waals surface area contributed by atoms with Crippen molar-refractivity contribution in [2.45, 2.75) is 13.8 Å².